The zero-order valence-electron chi connectivity index (χ0n) is 21.8. The number of methoxy groups -OCH3 is 1. The molecule has 0 spiro atoms. The van der Waals surface area contributed by atoms with E-state index in [0.717, 1.165) is 21.9 Å². The van der Waals surface area contributed by atoms with Crippen LogP contribution in [0.4, 0.5) is 5.69 Å². The van der Waals surface area contributed by atoms with Gasteiger partial charge in [0, 0.05) is 49.8 Å². The van der Waals surface area contributed by atoms with Gasteiger partial charge in [-0.25, -0.2) is 13.4 Å². The second-order valence-electron chi connectivity index (χ2n) is 9.02. The molecule has 3 aromatic carbocycles. The van der Waals surface area contributed by atoms with Crippen LogP contribution in [-0.2, 0) is 28.3 Å². The quantitative estimate of drug-likeness (QED) is 0.283. The Hall–Kier alpha value is -3.89. The summed E-state index contributed by atoms with van der Waals surface area (Å²) in [6, 6.07) is 16.4. The number of imidazole rings is 1. The van der Waals surface area contributed by atoms with Gasteiger partial charge in [-0.3, -0.25) is 4.79 Å². The lowest BCUT2D eigenvalue weighted by Gasteiger charge is -2.18. The fraction of sp³-hybridized carbons (Fsp3) is 0.286. The van der Waals surface area contributed by atoms with Crippen LogP contribution in [0.25, 0.3) is 33.0 Å². The van der Waals surface area contributed by atoms with Crippen molar-refractivity contribution in [2.45, 2.75) is 31.6 Å². The molecule has 5 aromatic rings. The third-order valence-corrected chi connectivity index (χ3v) is 8.88. The number of hydrogen-bond acceptors (Lipinski definition) is 6. The first-order chi connectivity index (χ1) is 18.3. The van der Waals surface area contributed by atoms with Crippen LogP contribution in [-0.4, -0.2) is 48.4 Å². The molecule has 0 bridgehead atoms. The van der Waals surface area contributed by atoms with Gasteiger partial charge in [0.15, 0.2) is 0 Å². The average Bonchev–Trinajstić information content (AvgIpc) is 3.43. The molecule has 5 rings (SSSR count). The first kappa shape index (κ1) is 25.7. The van der Waals surface area contributed by atoms with Crippen molar-refractivity contribution in [3.8, 4) is 5.75 Å². The molecular formula is C28H30N4O5S. The molecule has 0 unspecified atom stereocenters. The lowest BCUT2D eigenvalue weighted by Crippen LogP contribution is -2.30. The number of para-hydroxylation sites is 1. The van der Waals surface area contributed by atoms with Gasteiger partial charge in [0.05, 0.1) is 28.7 Å². The minimum atomic E-state index is -3.59. The SMILES string of the molecule is CCN(CC)S(=O)(=O)c1ccc2c(c1)nc(CCC(=O)Nc1cc3oc4ccccc4c3cc1OC)n2C. The Balaban J connectivity index is 1.35. The molecule has 0 atom stereocenters. The summed E-state index contributed by atoms with van der Waals surface area (Å²) in [5.41, 5.74) is 3.33. The molecule has 9 nitrogen and oxygen atoms in total. The second kappa shape index (κ2) is 10.1. The van der Waals surface area contributed by atoms with Crippen molar-refractivity contribution in [1.82, 2.24) is 13.9 Å². The fourth-order valence-corrected chi connectivity index (χ4v) is 6.26. The van der Waals surface area contributed by atoms with Crippen molar-refractivity contribution in [3.05, 3.63) is 60.4 Å². The van der Waals surface area contributed by atoms with Crippen molar-refractivity contribution in [1.29, 1.82) is 0 Å². The van der Waals surface area contributed by atoms with E-state index in [0.29, 0.717) is 47.9 Å². The van der Waals surface area contributed by atoms with E-state index in [-0.39, 0.29) is 17.2 Å². The van der Waals surface area contributed by atoms with Crippen molar-refractivity contribution < 1.29 is 22.4 Å². The minimum Gasteiger partial charge on any atom is -0.495 e. The standard InChI is InChI=1S/C28H30N4O5S/c1-5-32(6-2)38(34,35)18-11-12-23-21(15-18)29-27(31(23)3)13-14-28(33)30-22-17-25-20(16-26(22)36-4)19-9-7-8-10-24(19)37-25/h7-12,15-17H,5-6,13-14H2,1-4H3,(H,30,33). The van der Waals surface area contributed by atoms with Gasteiger partial charge in [0.1, 0.15) is 22.7 Å². The van der Waals surface area contributed by atoms with Crippen LogP contribution in [0.2, 0.25) is 0 Å². The first-order valence-electron chi connectivity index (χ1n) is 12.5. The fourth-order valence-electron chi connectivity index (χ4n) is 4.78. The molecule has 0 fully saturated rings. The summed E-state index contributed by atoms with van der Waals surface area (Å²) in [6.07, 6.45) is 0.563. The summed E-state index contributed by atoms with van der Waals surface area (Å²) < 4.78 is 40.6. The topological polar surface area (TPSA) is 107 Å². The third-order valence-electron chi connectivity index (χ3n) is 6.84. The Morgan fingerprint density at radius 1 is 1.05 bits per heavy atom. The number of aromatic nitrogens is 2. The van der Waals surface area contributed by atoms with Crippen molar-refractivity contribution in [2.24, 2.45) is 7.05 Å². The van der Waals surface area contributed by atoms with Crippen LogP contribution in [0.3, 0.4) is 0 Å². The molecule has 198 valence electrons. The van der Waals surface area contributed by atoms with E-state index >= 15 is 0 Å². The molecule has 38 heavy (non-hydrogen) atoms. The Morgan fingerprint density at radius 2 is 1.82 bits per heavy atom. The summed E-state index contributed by atoms with van der Waals surface area (Å²) in [7, 11) is -0.164. The van der Waals surface area contributed by atoms with Gasteiger partial charge >= 0.3 is 0 Å². The number of fused-ring (bicyclic) bond motifs is 4. The number of hydrogen-bond donors (Lipinski definition) is 1. The summed E-state index contributed by atoms with van der Waals surface area (Å²) in [4.78, 5) is 17.7. The minimum absolute atomic E-state index is 0.184. The van der Waals surface area contributed by atoms with E-state index in [1.165, 1.54) is 4.31 Å². The van der Waals surface area contributed by atoms with Crippen LogP contribution in [0.1, 0.15) is 26.1 Å². The average molecular weight is 535 g/mol. The van der Waals surface area contributed by atoms with E-state index in [1.807, 2.05) is 55.8 Å². The number of nitrogens with one attached hydrogen (secondary N) is 1. The lowest BCUT2D eigenvalue weighted by atomic mass is 10.1. The first-order valence-corrected chi connectivity index (χ1v) is 14.0. The molecule has 2 aromatic heterocycles. The monoisotopic (exact) mass is 534 g/mol. The zero-order valence-corrected chi connectivity index (χ0v) is 22.6. The number of aryl methyl sites for hydroxylation is 2. The zero-order chi connectivity index (χ0) is 27.0. The second-order valence-corrected chi connectivity index (χ2v) is 11.0. The maximum atomic E-state index is 12.9. The van der Waals surface area contributed by atoms with Gasteiger partial charge in [0.2, 0.25) is 15.9 Å². The molecule has 0 radical (unpaired) electrons. The van der Waals surface area contributed by atoms with Crippen molar-refractivity contribution in [2.75, 3.05) is 25.5 Å². The van der Waals surface area contributed by atoms with Gasteiger partial charge in [-0.2, -0.15) is 4.31 Å². The number of carbonyl (C=O) groups is 1. The number of anilines is 1. The summed E-state index contributed by atoms with van der Waals surface area (Å²) in [5, 5.41) is 4.82. The molecule has 1 N–H and O–H groups in total. The van der Waals surface area contributed by atoms with Crippen LogP contribution in [0, 0.1) is 0 Å². The predicted molar refractivity (Wildman–Crippen MR) is 148 cm³/mol. The smallest absolute Gasteiger partial charge is 0.243 e. The van der Waals surface area contributed by atoms with E-state index in [9.17, 15) is 13.2 Å². The third kappa shape index (κ3) is 4.50. The number of ether oxygens (including phenoxy) is 1. The van der Waals surface area contributed by atoms with Crippen molar-refractivity contribution >= 4 is 54.6 Å². The van der Waals surface area contributed by atoms with Crippen LogP contribution in [0.5, 0.6) is 5.75 Å². The van der Waals surface area contributed by atoms with E-state index in [4.69, 9.17) is 9.15 Å². The van der Waals surface area contributed by atoms with Gasteiger partial charge in [-0.05, 0) is 30.3 Å². The number of nitrogens with zero attached hydrogens (tertiary/aromatic N) is 3. The number of benzene rings is 3. The Labute approximate surface area is 221 Å². The number of rotatable bonds is 9. The van der Waals surface area contributed by atoms with Crippen LogP contribution in [0.15, 0.2) is 63.9 Å². The van der Waals surface area contributed by atoms with E-state index in [1.54, 1.807) is 31.4 Å². The number of furan rings is 1. The van der Waals surface area contributed by atoms with Gasteiger partial charge in [-0.15, -0.1) is 0 Å². The largest absolute Gasteiger partial charge is 0.495 e. The summed E-state index contributed by atoms with van der Waals surface area (Å²) in [5.74, 6) is 1.03. The molecule has 0 aliphatic carbocycles. The molecule has 0 aliphatic rings. The van der Waals surface area contributed by atoms with Crippen LogP contribution >= 0.6 is 0 Å². The molecule has 0 aliphatic heterocycles. The van der Waals surface area contributed by atoms with Gasteiger partial charge in [0.25, 0.3) is 0 Å². The van der Waals surface area contributed by atoms with E-state index in [2.05, 4.69) is 10.3 Å². The molecule has 0 saturated carbocycles. The molecule has 10 heteroatoms. The van der Waals surface area contributed by atoms with Gasteiger partial charge < -0.3 is 19.0 Å². The maximum Gasteiger partial charge on any atom is 0.243 e. The highest BCUT2D eigenvalue weighted by atomic mass is 32.2. The van der Waals surface area contributed by atoms with Crippen LogP contribution < -0.4 is 10.1 Å². The molecule has 2 heterocycles. The highest BCUT2D eigenvalue weighted by molar-refractivity contribution is 7.89. The molecule has 0 saturated heterocycles. The maximum absolute atomic E-state index is 12.9. The molecular weight excluding hydrogens is 504 g/mol. The predicted octanol–water partition coefficient (Wildman–Crippen LogP) is 5.08. The highest BCUT2D eigenvalue weighted by Crippen LogP contribution is 2.36. The van der Waals surface area contributed by atoms with Crippen molar-refractivity contribution in [3.63, 3.8) is 0 Å². The molecule has 1 amide bonds. The normalized spacial score (nSPS) is 12.1. The summed E-state index contributed by atoms with van der Waals surface area (Å²) in [6.45, 7) is 4.42. The summed E-state index contributed by atoms with van der Waals surface area (Å²) >= 11 is 0. The highest BCUT2D eigenvalue weighted by Gasteiger charge is 2.23. The Bertz CT molecular complexity index is 1770. The number of amides is 1. The Kier molecular flexibility index (Phi) is 6.85. The Morgan fingerprint density at radius 3 is 2.55 bits per heavy atom. The van der Waals surface area contributed by atoms with Gasteiger partial charge in [-0.1, -0.05) is 32.0 Å². The number of carbonyl (C=O) groups excluding carboxylic acids is 1. The van der Waals surface area contributed by atoms with E-state index < -0.39 is 10.0 Å². The lowest BCUT2D eigenvalue weighted by molar-refractivity contribution is -0.116. The number of sulfonamides is 1.